The predicted molar refractivity (Wildman–Crippen MR) is 281 cm³/mol. The molecule has 0 fully saturated rings. The molecule has 0 aliphatic rings. The van der Waals surface area contributed by atoms with E-state index in [1.54, 1.807) is 0 Å². The van der Waals surface area contributed by atoms with E-state index in [1.807, 2.05) is 24.3 Å². The van der Waals surface area contributed by atoms with E-state index in [0.717, 1.165) is 78.7 Å². The van der Waals surface area contributed by atoms with Crippen LogP contribution in [0.3, 0.4) is 0 Å². The highest BCUT2D eigenvalue weighted by atomic mass is 15.3. The molecule has 6 nitrogen and oxygen atoms in total. The summed E-state index contributed by atoms with van der Waals surface area (Å²) in [7, 11) is 0. The Balaban J connectivity index is 1.01. The molecule has 68 heavy (non-hydrogen) atoms. The van der Waals surface area contributed by atoms with E-state index in [4.69, 9.17) is 10.2 Å². The molecule has 0 bridgehead atoms. The lowest BCUT2D eigenvalue weighted by molar-refractivity contribution is 1.07. The smallest absolute Gasteiger partial charge is 0.168 e. The minimum atomic E-state index is 0.777. The van der Waals surface area contributed by atoms with Gasteiger partial charge >= 0.3 is 0 Å². The Morgan fingerprint density at radius 1 is 0.265 bits per heavy atom. The molecule has 318 valence electrons. The molecule has 0 atom stereocenters. The van der Waals surface area contributed by atoms with Crippen LogP contribution in [0.5, 0.6) is 0 Å². The lowest BCUT2D eigenvalue weighted by Gasteiger charge is -2.18. The maximum Gasteiger partial charge on any atom is 0.168 e. The van der Waals surface area contributed by atoms with E-state index in [9.17, 15) is 0 Å². The fourth-order valence-electron chi connectivity index (χ4n) is 10.8. The first-order valence-electron chi connectivity index (χ1n) is 23.1. The molecule has 0 aliphatic heterocycles. The van der Waals surface area contributed by atoms with E-state index in [1.165, 1.54) is 43.4 Å². The van der Waals surface area contributed by atoms with Gasteiger partial charge in [0.05, 0.1) is 44.5 Å². The summed E-state index contributed by atoms with van der Waals surface area (Å²) in [6, 6.07) is 87.0. The van der Waals surface area contributed by atoms with Crippen molar-refractivity contribution in [2.24, 2.45) is 0 Å². The second-order valence-corrected chi connectivity index (χ2v) is 17.4. The fraction of sp³-hybridized carbons (Fsp3) is 0. The number of para-hydroxylation sites is 7. The number of aromatic nitrogens is 6. The molecule has 0 radical (unpaired) electrons. The average molecular weight is 869 g/mol. The number of rotatable bonds is 7. The number of nitrogens with zero attached hydrogens (tertiary/aromatic N) is 6. The van der Waals surface area contributed by atoms with Crippen LogP contribution in [-0.2, 0) is 0 Å². The van der Waals surface area contributed by atoms with Crippen molar-refractivity contribution in [1.82, 2.24) is 28.5 Å². The third-order valence-electron chi connectivity index (χ3n) is 13.7. The first-order valence-corrected chi connectivity index (χ1v) is 23.1. The monoisotopic (exact) mass is 868 g/mol. The molecule has 14 rings (SSSR count). The molecule has 0 saturated carbocycles. The number of fused-ring (bicyclic) bond motifs is 10. The SMILES string of the molecule is c1ccc(-c2nnc(-c3ccc4c5ccccc5n(-c5ccccc5-c5ccccc5-n5c6ccccc6c6c5ccc5c7ccccc7n(-c7ccccc7)c56)c4c3)n2-c2ccccc2)cc1. The summed E-state index contributed by atoms with van der Waals surface area (Å²) in [5.41, 5.74) is 15.5. The van der Waals surface area contributed by atoms with Crippen LogP contribution >= 0.6 is 0 Å². The van der Waals surface area contributed by atoms with Gasteiger partial charge in [-0.2, -0.15) is 0 Å². The fourth-order valence-corrected chi connectivity index (χ4v) is 10.8. The second-order valence-electron chi connectivity index (χ2n) is 17.4. The lowest BCUT2D eigenvalue weighted by Crippen LogP contribution is -2.02. The van der Waals surface area contributed by atoms with Crippen molar-refractivity contribution in [2.75, 3.05) is 0 Å². The first-order chi connectivity index (χ1) is 33.8. The van der Waals surface area contributed by atoms with Gasteiger partial charge in [-0.05, 0) is 66.7 Å². The van der Waals surface area contributed by atoms with Crippen LogP contribution in [0.15, 0.2) is 243 Å². The minimum absolute atomic E-state index is 0.777. The van der Waals surface area contributed by atoms with Crippen LogP contribution in [0.2, 0.25) is 0 Å². The van der Waals surface area contributed by atoms with Gasteiger partial charge in [-0.25, -0.2) is 0 Å². The van der Waals surface area contributed by atoms with Crippen molar-refractivity contribution in [2.45, 2.75) is 0 Å². The molecule has 14 aromatic rings. The third-order valence-corrected chi connectivity index (χ3v) is 13.7. The Hall–Kier alpha value is -9.26. The zero-order valence-corrected chi connectivity index (χ0v) is 36.8. The average Bonchev–Trinajstić information content (AvgIpc) is 4.18. The molecule has 0 aliphatic carbocycles. The van der Waals surface area contributed by atoms with Crippen LogP contribution in [0.4, 0.5) is 0 Å². The van der Waals surface area contributed by atoms with E-state index in [0.29, 0.717) is 0 Å². The Morgan fingerprint density at radius 2 is 0.706 bits per heavy atom. The van der Waals surface area contributed by atoms with Crippen molar-refractivity contribution in [3.63, 3.8) is 0 Å². The molecular formula is C62H40N6. The maximum absolute atomic E-state index is 4.91. The van der Waals surface area contributed by atoms with Crippen molar-refractivity contribution >= 4 is 65.4 Å². The molecule has 4 aromatic heterocycles. The van der Waals surface area contributed by atoms with Crippen molar-refractivity contribution < 1.29 is 0 Å². The molecule has 0 unspecified atom stereocenters. The van der Waals surface area contributed by atoms with E-state index >= 15 is 0 Å². The van der Waals surface area contributed by atoms with Gasteiger partial charge < -0.3 is 13.7 Å². The van der Waals surface area contributed by atoms with Gasteiger partial charge in [-0.1, -0.05) is 176 Å². The highest BCUT2D eigenvalue weighted by Gasteiger charge is 2.24. The summed E-state index contributed by atoms with van der Waals surface area (Å²) in [6.07, 6.45) is 0. The van der Waals surface area contributed by atoms with Gasteiger partial charge in [-0.15, -0.1) is 10.2 Å². The molecule has 0 amide bonds. The van der Waals surface area contributed by atoms with E-state index < -0.39 is 0 Å². The maximum atomic E-state index is 4.91. The highest BCUT2D eigenvalue weighted by Crippen LogP contribution is 2.45. The van der Waals surface area contributed by atoms with Crippen molar-refractivity contribution in [3.05, 3.63) is 243 Å². The van der Waals surface area contributed by atoms with Gasteiger partial charge in [0, 0.05) is 65.9 Å². The Kier molecular flexibility index (Phi) is 8.48. The molecular weight excluding hydrogens is 829 g/mol. The van der Waals surface area contributed by atoms with Crippen molar-refractivity contribution in [3.8, 4) is 56.7 Å². The molecule has 10 aromatic carbocycles. The van der Waals surface area contributed by atoms with Gasteiger partial charge in [0.2, 0.25) is 0 Å². The van der Waals surface area contributed by atoms with Crippen LogP contribution in [0, 0.1) is 0 Å². The van der Waals surface area contributed by atoms with Crippen LogP contribution < -0.4 is 0 Å². The van der Waals surface area contributed by atoms with Crippen LogP contribution in [0.25, 0.3) is 122 Å². The summed E-state index contributed by atoms with van der Waals surface area (Å²) in [5, 5.41) is 17.0. The Labute approximate surface area is 391 Å². The van der Waals surface area contributed by atoms with E-state index in [-0.39, 0.29) is 0 Å². The van der Waals surface area contributed by atoms with Crippen LogP contribution in [0.1, 0.15) is 0 Å². The molecule has 6 heteroatoms. The van der Waals surface area contributed by atoms with E-state index in [2.05, 4.69) is 237 Å². The Morgan fingerprint density at radius 3 is 1.35 bits per heavy atom. The van der Waals surface area contributed by atoms with Gasteiger partial charge in [-0.3, -0.25) is 4.57 Å². The molecule has 4 heterocycles. The first kappa shape index (κ1) is 38.1. The largest absolute Gasteiger partial charge is 0.309 e. The normalized spacial score (nSPS) is 11.8. The summed E-state index contributed by atoms with van der Waals surface area (Å²) in [5.74, 6) is 1.57. The molecule has 0 saturated heterocycles. The quantitative estimate of drug-likeness (QED) is 0.160. The zero-order chi connectivity index (χ0) is 44.7. The highest BCUT2D eigenvalue weighted by molar-refractivity contribution is 6.26. The number of hydrogen-bond donors (Lipinski definition) is 0. The lowest BCUT2D eigenvalue weighted by atomic mass is 10.0. The predicted octanol–water partition coefficient (Wildman–Crippen LogP) is 15.6. The number of benzene rings is 10. The van der Waals surface area contributed by atoms with Gasteiger partial charge in [0.15, 0.2) is 11.6 Å². The minimum Gasteiger partial charge on any atom is -0.309 e. The Bertz CT molecular complexity index is 4250. The third kappa shape index (κ3) is 5.64. The second kappa shape index (κ2) is 15.2. The molecule has 0 N–H and O–H groups in total. The zero-order valence-electron chi connectivity index (χ0n) is 36.8. The van der Waals surface area contributed by atoms with Crippen LogP contribution in [-0.4, -0.2) is 28.5 Å². The molecule has 0 spiro atoms. The summed E-state index contributed by atoms with van der Waals surface area (Å²) < 4.78 is 9.54. The standard InChI is InChI=1S/C62H40N6/c1-4-20-41(21-5-1)61-63-64-62(66(61)44-24-8-3-9-25-44)42-36-37-49-47-28-12-18-34-55(47)68(58(49)40-42)54-33-17-11-27-46(54)45-26-10-16-32-53(45)67-56-35-19-14-30-51(56)59-57(67)39-38-50-48-29-13-15-31-52(48)65(60(50)59)43-22-6-2-7-23-43/h1-40H. The van der Waals surface area contributed by atoms with Gasteiger partial charge in [0.1, 0.15) is 0 Å². The summed E-state index contributed by atoms with van der Waals surface area (Å²) in [6.45, 7) is 0. The summed E-state index contributed by atoms with van der Waals surface area (Å²) in [4.78, 5) is 0. The van der Waals surface area contributed by atoms with Crippen molar-refractivity contribution in [1.29, 1.82) is 0 Å². The summed E-state index contributed by atoms with van der Waals surface area (Å²) >= 11 is 0. The number of hydrogen-bond acceptors (Lipinski definition) is 2. The topological polar surface area (TPSA) is 45.5 Å². The van der Waals surface area contributed by atoms with Gasteiger partial charge in [0.25, 0.3) is 0 Å².